The number of rotatable bonds is 7. The van der Waals surface area contributed by atoms with Crippen LogP contribution in [0.4, 0.5) is 0 Å². The summed E-state index contributed by atoms with van der Waals surface area (Å²) < 4.78 is 5.37. The minimum Gasteiger partial charge on any atom is -0.379 e. The summed E-state index contributed by atoms with van der Waals surface area (Å²) in [6.07, 6.45) is 1.22. The van der Waals surface area contributed by atoms with Crippen LogP contribution in [-0.2, 0) is 9.53 Å². The highest BCUT2D eigenvalue weighted by atomic mass is 16.5. The number of carbonyl (C=O) groups excluding carboxylic acids is 1. The van der Waals surface area contributed by atoms with Gasteiger partial charge >= 0.3 is 0 Å². The molecule has 0 rings (SSSR count). The first kappa shape index (κ1) is 14.4. The predicted octanol–water partition coefficient (Wildman–Crippen LogP) is 0.853. The second-order valence-electron chi connectivity index (χ2n) is 4.28. The maximum absolute atomic E-state index is 10.9. The van der Waals surface area contributed by atoms with Gasteiger partial charge in [0.25, 0.3) is 0 Å². The van der Waals surface area contributed by atoms with Gasteiger partial charge in [-0.05, 0) is 20.0 Å². The number of primary amides is 1. The summed E-state index contributed by atoms with van der Waals surface area (Å²) in [7, 11) is 5.64. The van der Waals surface area contributed by atoms with Gasteiger partial charge in [0.15, 0.2) is 0 Å². The van der Waals surface area contributed by atoms with Crippen molar-refractivity contribution in [3.8, 4) is 0 Å². The molecule has 4 nitrogen and oxygen atoms in total. The first-order valence-electron chi connectivity index (χ1n) is 5.41. The van der Waals surface area contributed by atoms with Crippen LogP contribution in [0, 0.1) is 5.92 Å². The van der Waals surface area contributed by atoms with Gasteiger partial charge in [0.2, 0.25) is 5.91 Å². The SMILES string of the molecule is CCC(C)C(C(CC(N)=O)OC)N(C)C. The standard InChI is InChI=1S/C11H24N2O2/c1-6-8(2)11(13(3)4)9(15-5)7-10(12)14/h8-9,11H,6-7H2,1-5H3,(H2,12,14). The number of carbonyl (C=O) groups is 1. The number of nitrogens with two attached hydrogens (primary N) is 1. The highest BCUT2D eigenvalue weighted by molar-refractivity contribution is 5.74. The lowest BCUT2D eigenvalue weighted by Crippen LogP contribution is -2.46. The average Bonchev–Trinajstić information content (AvgIpc) is 2.15. The van der Waals surface area contributed by atoms with Crippen LogP contribution in [0.2, 0.25) is 0 Å². The Morgan fingerprint density at radius 3 is 2.27 bits per heavy atom. The van der Waals surface area contributed by atoms with Crippen LogP contribution in [0.3, 0.4) is 0 Å². The molecule has 0 aliphatic carbocycles. The first-order chi connectivity index (χ1) is 6.93. The van der Waals surface area contributed by atoms with Crippen molar-refractivity contribution >= 4 is 5.91 Å². The van der Waals surface area contributed by atoms with E-state index < -0.39 is 0 Å². The van der Waals surface area contributed by atoms with Crippen molar-refractivity contribution in [3.05, 3.63) is 0 Å². The monoisotopic (exact) mass is 216 g/mol. The Kier molecular flexibility index (Phi) is 6.52. The Bertz CT molecular complexity index is 195. The molecule has 0 radical (unpaired) electrons. The van der Waals surface area contributed by atoms with Crippen molar-refractivity contribution in [3.63, 3.8) is 0 Å². The Hall–Kier alpha value is -0.610. The van der Waals surface area contributed by atoms with Gasteiger partial charge in [-0.2, -0.15) is 0 Å². The molecule has 0 spiro atoms. The van der Waals surface area contributed by atoms with Gasteiger partial charge in [-0.15, -0.1) is 0 Å². The van der Waals surface area contributed by atoms with Crippen molar-refractivity contribution in [2.75, 3.05) is 21.2 Å². The van der Waals surface area contributed by atoms with Crippen LogP contribution in [0.25, 0.3) is 0 Å². The number of hydrogen-bond acceptors (Lipinski definition) is 3. The normalized spacial score (nSPS) is 17.5. The van der Waals surface area contributed by atoms with Gasteiger partial charge in [-0.25, -0.2) is 0 Å². The second kappa shape index (κ2) is 6.80. The van der Waals surface area contributed by atoms with Crippen LogP contribution >= 0.6 is 0 Å². The molecule has 2 N–H and O–H groups in total. The summed E-state index contributed by atoms with van der Waals surface area (Å²) in [6, 6.07) is 0.229. The molecular weight excluding hydrogens is 192 g/mol. The summed E-state index contributed by atoms with van der Waals surface area (Å²) in [4.78, 5) is 13.0. The Balaban J connectivity index is 4.61. The number of nitrogens with zero attached hydrogens (tertiary/aromatic N) is 1. The van der Waals surface area contributed by atoms with E-state index in [-0.39, 0.29) is 24.5 Å². The molecule has 90 valence electrons. The van der Waals surface area contributed by atoms with Gasteiger partial charge in [-0.3, -0.25) is 4.79 Å². The van der Waals surface area contributed by atoms with Gasteiger partial charge in [0.05, 0.1) is 12.5 Å². The third-order valence-electron chi connectivity index (χ3n) is 2.91. The number of amides is 1. The zero-order valence-electron chi connectivity index (χ0n) is 10.5. The molecule has 0 aliphatic rings. The lowest BCUT2D eigenvalue weighted by molar-refractivity contribution is -0.122. The van der Waals surface area contributed by atoms with E-state index in [0.717, 1.165) is 6.42 Å². The Morgan fingerprint density at radius 2 is 2.00 bits per heavy atom. The van der Waals surface area contributed by atoms with Crippen molar-refractivity contribution < 1.29 is 9.53 Å². The molecule has 3 unspecified atom stereocenters. The summed E-state index contributed by atoms with van der Waals surface area (Å²) >= 11 is 0. The molecule has 0 heterocycles. The Labute approximate surface area is 92.8 Å². The summed E-state index contributed by atoms with van der Waals surface area (Å²) in [5.41, 5.74) is 5.21. The van der Waals surface area contributed by atoms with E-state index in [1.807, 2.05) is 14.1 Å². The molecular formula is C11H24N2O2. The molecule has 0 aromatic heterocycles. The lowest BCUT2D eigenvalue weighted by atomic mass is 9.91. The minimum absolute atomic E-state index is 0.118. The topological polar surface area (TPSA) is 55.6 Å². The van der Waals surface area contributed by atoms with Crippen LogP contribution in [-0.4, -0.2) is 44.2 Å². The van der Waals surface area contributed by atoms with Crippen molar-refractivity contribution in [2.45, 2.75) is 38.8 Å². The second-order valence-corrected chi connectivity index (χ2v) is 4.28. The van der Waals surface area contributed by atoms with Crippen molar-refractivity contribution in [1.82, 2.24) is 4.90 Å². The van der Waals surface area contributed by atoms with E-state index in [0.29, 0.717) is 5.92 Å². The van der Waals surface area contributed by atoms with E-state index in [1.165, 1.54) is 0 Å². The molecule has 15 heavy (non-hydrogen) atoms. The van der Waals surface area contributed by atoms with Crippen molar-refractivity contribution in [2.24, 2.45) is 11.7 Å². The first-order valence-corrected chi connectivity index (χ1v) is 5.41. The molecule has 1 amide bonds. The minimum atomic E-state index is -0.308. The van der Waals surface area contributed by atoms with Gasteiger partial charge < -0.3 is 15.4 Å². The third-order valence-corrected chi connectivity index (χ3v) is 2.91. The molecule has 0 bridgehead atoms. The highest BCUT2D eigenvalue weighted by Crippen LogP contribution is 2.19. The van der Waals surface area contributed by atoms with Crippen LogP contribution in [0.5, 0.6) is 0 Å². The van der Waals surface area contributed by atoms with Crippen LogP contribution in [0.15, 0.2) is 0 Å². The fraction of sp³-hybridized carbons (Fsp3) is 0.909. The summed E-state index contributed by atoms with van der Waals surface area (Å²) in [6.45, 7) is 4.30. The third kappa shape index (κ3) is 4.62. The maximum atomic E-state index is 10.9. The zero-order chi connectivity index (χ0) is 12.0. The fourth-order valence-corrected chi connectivity index (χ4v) is 1.99. The van der Waals surface area contributed by atoms with Crippen LogP contribution < -0.4 is 5.73 Å². The molecule has 3 atom stereocenters. The lowest BCUT2D eigenvalue weighted by Gasteiger charge is -2.35. The van der Waals surface area contributed by atoms with E-state index in [1.54, 1.807) is 7.11 Å². The van der Waals surface area contributed by atoms with E-state index in [4.69, 9.17) is 10.5 Å². The van der Waals surface area contributed by atoms with Crippen LogP contribution in [0.1, 0.15) is 26.7 Å². The summed E-state index contributed by atoms with van der Waals surface area (Å²) in [5.74, 6) is 0.168. The van der Waals surface area contributed by atoms with E-state index in [2.05, 4.69) is 18.7 Å². The number of ether oxygens (including phenoxy) is 1. The van der Waals surface area contributed by atoms with E-state index in [9.17, 15) is 4.79 Å². The van der Waals surface area contributed by atoms with E-state index >= 15 is 0 Å². The summed E-state index contributed by atoms with van der Waals surface area (Å²) in [5, 5.41) is 0. The Morgan fingerprint density at radius 1 is 1.47 bits per heavy atom. The molecule has 4 heteroatoms. The highest BCUT2D eigenvalue weighted by Gasteiger charge is 2.28. The van der Waals surface area contributed by atoms with Crippen molar-refractivity contribution in [1.29, 1.82) is 0 Å². The number of likely N-dealkylation sites (N-methyl/N-ethyl adjacent to an activating group) is 1. The molecule has 0 fully saturated rings. The van der Waals surface area contributed by atoms with Gasteiger partial charge in [0, 0.05) is 13.2 Å². The quantitative estimate of drug-likeness (QED) is 0.686. The maximum Gasteiger partial charge on any atom is 0.220 e. The molecule has 0 aromatic carbocycles. The number of methoxy groups -OCH3 is 1. The average molecular weight is 216 g/mol. The smallest absolute Gasteiger partial charge is 0.220 e. The molecule has 0 aromatic rings. The van der Waals surface area contributed by atoms with Gasteiger partial charge in [0.1, 0.15) is 0 Å². The zero-order valence-corrected chi connectivity index (χ0v) is 10.5. The largest absolute Gasteiger partial charge is 0.379 e. The molecule has 0 aliphatic heterocycles. The molecule has 0 saturated heterocycles. The molecule has 0 saturated carbocycles. The van der Waals surface area contributed by atoms with Gasteiger partial charge in [-0.1, -0.05) is 20.3 Å². The number of hydrogen-bond donors (Lipinski definition) is 1. The fourth-order valence-electron chi connectivity index (χ4n) is 1.99. The predicted molar refractivity (Wildman–Crippen MR) is 61.5 cm³/mol.